The Morgan fingerprint density at radius 2 is 0.524 bits per heavy atom. The fourth-order valence-corrected chi connectivity index (χ4v) is 8.50. The van der Waals surface area contributed by atoms with Crippen molar-refractivity contribution in [3.8, 4) is 0 Å². The summed E-state index contributed by atoms with van der Waals surface area (Å²) in [6.07, 6.45) is 59.3. The van der Waals surface area contributed by atoms with Crippen LogP contribution in [0.25, 0.3) is 0 Å². The Morgan fingerprint density at radius 3 is 0.794 bits per heavy atom. The van der Waals surface area contributed by atoms with E-state index in [1.807, 2.05) is 0 Å². The van der Waals surface area contributed by atoms with Crippen LogP contribution in [0.1, 0.15) is 316 Å². The van der Waals surface area contributed by atoms with E-state index in [1.165, 1.54) is 212 Å². The van der Waals surface area contributed by atoms with E-state index in [0.717, 1.165) is 64.2 Å². The summed E-state index contributed by atoms with van der Waals surface area (Å²) in [5.74, 6) is -0.860. The zero-order valence-corrected chi connectivity index (χ0v) is 42.6. The summed E-state index contributed by atoms with van der Waals surface area (Å²) in [6, 6.07) is 0. The molecule has 6 nitrogen and oxygen atoms in total. The van der Waals surface area contributed by atoms with Crippen LogP contribution >= 0.6 is 0 Å². The number of hydrogen-bond acceptors (Lipinski definition) is 6. The van der Waals surface area contributed by atoms with E-state index in [2.05, 4.69) is 32.9 Å². The van der Waals surface area contributed by atoms with E-state index < -0.39 is 6.10 Å². The molecule has 0 radical (unpaired) electrons. The van der Waals surface area contributed by atoms with E-state index in [1.54, 1.807) is 0 Å². The van der Waals surface area contributed by atoms with Gasteiger partial charge in [0.05, 0.1) is 0 Å². The molecule has 0 aliphatic carbocycles. The zero-order chi connectivity index (χ0) is 45.8. The minimum absolute atomic E-state index is 0.0680. The van der Waals surface area contributed by atoms with Gasteiger partial charge in [0.25, 0.3) is 0 Å². The molecule has 0 fully saturated rings. The normalized spacial score (nSPS) is 12.0. The lowest BCUT2D eigenvalue weighted by molar-refractivity contribution is -0.167. The summed E-state index contributed by atoms with van der Waals surface area (Å²) >= 11 is 0. The van der Waals surface area contributed by atoms with Crippen LogP contribution < -0.4 is 0 Å². The Bertz CT molecular complexity index is 978. The van der Waals surface area contributed by atoms with Crippen LogP contribution in [-0.2, 0) is 28.6 Å². The first kappa shape index (κ1) is 61.1. The summed E-state index contributed by atoms with van der Waals surface area (Å²) in [5, 5.41) is 0. The molecule has 0 saturated heterocycles. The molecule has 0 rings (SSSR count). The average Bonchev–Trinajstić information content (AvgIpc) is 3.28. The fraction of sp³-hybridized carbons (Fsp3) is 0.912. The summed E-state index contributed by atoms with van der Waals surface area (Å²) in [7, 11) is 0. The maximum Gasteiger partial charge on any atom is 0.306 e. The summed E-state index contributed by atoms with van der Waals surface area (Å²) in [6.45, 7) is 6.65. The van der Waals surface area contributed by atoms with E-state index >= 15 is 0 Å². The van der Waals surface area contributed by atoms with Crippen molar-refractivity contribution < 1.29 is 28.6 Å². The van der Waals surface area contributed by atoms with Crippen LogP contribution in [0.15, 0.2) is 12.2 Å². The highest BCUT2D eigenvalue weighted by molar-refractivity contribution is 5.71. The molecule has 0 heterocycles. The van der Waals surface area contributed by atoms with Crippen LogP contribution in [0, 0.1) is 0 Å². The van der Waals surface area contributed by atoms with Crippen molar-refractivity contribution in [1.29, 1.82) is 0 Å². The van der Waals surface area contributed by atoms with Gasteiger partial charge in [0.2, 0.25) is 0 Å². The van der Waals surface area contributed by atoms with E-state index in [0.29, 0.717) is 19.3 Å². The van der Waals surface area contributed by atoms with Gasteiger partial charge >= 0.3 is 17.9 Å². The molecule has 0 aromatic carbocycles. The van der Waals surface area contributed by atoms with Gasteiger partial charge < -0.3 is 14.2 Å². The van der Waals surface area contributed by atoms with Crippen LogP contribution in [0.2, 0.25) is 0 Å². The first-order valence-electron chi connectivity index (χ1n) is 28.2. The molecular formula is C57H108O6. The van der Waals surface area contributed by atoms with Gasteiger partial charge in [0, 0.05) is 19.3 Å². The molecule has 1 atom stereocenters. The Labute approximate surface area is 392 Å². The second-order valence-electron chi connectivity index (χ2n) is 19.2. The van der Waals surface area contributed by atoms with Gasteiger partial charge in [0.1, 0.15) is 13.2 Å². The fourth-order valence-electron chi connectivity index (χ4n) is 8.50. The molecule has 372 valence electrons. The summed E-state index contributed by atoms with van der Waals surface area (Å²) < 4.78 is 16.8. The van der Waals surface area contributed by atoms with Crippen molar-refractivity contribution >= 4 is 17.9 Å². The molecule has 0 N–H and O–H groups in total. The van der Waals surface area contributed by atoms with E-state index in [-0.39, 0.29) is 31.1 Å². The highest BCUT2D eigenvalue weighted by Crippen LogP contribution is 2.17. The van der Waals surface area contributed by atoms with Crippen molar-refractivity contribution in [2.75, 3.05) is 13.2 Å². The Kier molecular flexibility index (Phi) is 51.2. The maximum atomic E-state index is 12.8. The van der Waals surface area contributed by atoms with Crippen LogP contribution in [-0.4, -0.2) is 37.2 Å². The van der Waals surface area contributed by atoms with Crippen molar-refractivity contribution in [1.82, 2.24) is 0 Å². The van der Waals surface area contributed by atoms with Crippen LogP contribution in [0.3, 0.4) is 0 Å². The van der Waals surface area contributed by atoms with Crippen LogP contribution in [0.5, 0.6) is 0 Å². The Morgan fingerprint density at radius 1 is 0.302 bits per heavy atom. The molecule has 1 unspecified atom stereocenters. The molecule has 0 aliphatic heterocycles. The zero-order valence-electron chi connectivity index (χ0n) is 42.6. The lowest BCUT2D eigenvalue weighted by atomic mass is 10.0. The predicted octanol–water partition coefficient (Wildman–Crippen LogP) is 18.5. The van der Waals surface area contributed by atoms with Gasteiger partial charge in [-0.1, -0.05) is 264 Å². The SMILES string of the molecule is CCCCCCC/C=C\CCCCCCCC(=O)OC(COC(=O)CCCCCCCCCCC)COC(=O)CCCCCCCCCCCCCCCCCCCCCCCC. The number of ether oxygens (including phenoxy) is 3. The third-order valence-electron chi connectivity index (χ3n) is 12.8. The largest absolute Gasteiger partial charge is 0.462 e. The molecule has 0 spiro atoms. The third kappa shape index (κ3) is 51.0. The van der Waals surface area contributed by atoms with Gasteiger partial charge in [-0.25, -0.2) is 0 Å². The summed E-state index contributed by atoms with van der Waals surface area (Å²) in [4.78, 5) is 37.9. The lowest BCUT2D eigenvalue weighted by Gasteiger charge is -2.18. The molecule has 0 aromatic heterocycles. The van der Waals surface area contributed by atoms with Crippen LogP contribution in [0.4, 0.5) is 0 Å². The molecule has 0 saturated carbocycles. The second-order valence-corrected chi connectivity index (χ2v) is 19.2. The number of esters is 3. The molecule has 6 heteroatoms. The molecule has 0 amide bonds. The minimum Gasteiger partial charge on any atom is -0.462 e. The number of carbonyl (C=O) groups is 3. The monoisotopic (exact) mass is 889 g/mol. The van der Waals surface area contributed by atoms with E-state index in [9.17, 15) is 14.4 Å². The maximum absolute atomic E-state index is 12.8. The molecule has 0 bridgehead atoms. The van der Waals surface area contributed by atoms with Crippen molar-refractivity contribution in [2.45, 2.75) is 322 Å². The predicted molar refractivity (Wildman–Crippen MR) is 270 cm³/mol. The molecular weight excluding hydrogens is 781 g/mol. The molecule has 0 aliphatic rings. The molecule has 63 heavy (non-hydrogen) atoms. The van der Waals surface area contributed by atoms with E-state index in [4.69, 9.17) is 14.2 Å². The number of unbranched alkanes of at least 4 members (excludes halogenated alkanes) is 39. The lowest BCUT2D eigenvalue weighted by Crippen LogP contribution is -2.30. The number of hydrogen-bond donors (Lipinski definition) is 0. The second kappa shape index (κ2) is 52.8. The quantitative estimate of drug-likeness (QED) is 0.0262. The first-order valence-corrected chi connectivity index (χ1v) is 28.2. The smallest absolute Gasteiger partial charge is 0.306 e. The highest BCUT2D eigenvalue weighted by Gasteiger charge is 2.19. The Hall–Kier alpha value is -1.85. The third-order valence-corrected chi connectivity index (χ3v) is 12.8. The number of allylic oxidation sites excluding steroid dienone is 2. The highest BCUT2D eigenvalue weighted by atomic mass is 16.6. The van der Waals surface area contributed by atoms with Gasteiger partial charge in [-0.2, -0.15) is 0 Å². The van der Waals surface area contributed by atoms with Crippen molar-refractivity contribution in [2.24, 2.45) is 0 Å². The van der Waals surface area contributed by atoms with Gasteiger partial charge in [0.15, 0.2) is 6.10 Å². The van der Waals surface area contributed by atoms with Gasteiger partial charge in [-0.15, -0.1) is 0 Å². The number of carbonyl (C=O) groups excluding carboxylic acids is 3. The van der Waals surface area contributed by atoms with Crippen molar-refractivity contribution in [3.05, 3.63) is 12.2 Å². The average molecular weight is 889 g/mol. The minimum atomic E-state index is -0.767. The Balaban J connectivity index is 4.18. The van der Waals surface area contributed by atoms with Gasteiger partial charge in [-0.05, 0) is 44.9 Å². The molecule has 0 aromatic rings. The first-order chi connectivity index (χ1) is 31.0. The topological polar surface area (TPSA) is 78.9 Å². The van der Waals surface area contributed by atoms with Crippen molar-refractivity contribution in [3.63, 3.8) is 0 Å². The summed E-state index contributed by atoms with van der Waals surface area (Å²) in [5.41, 5.74) is 0. The van der Waals surface area contributed by atoms with Gasteiger partial charge in [-0.3, -0.25) is 14.4 Å². The number of rotatable bonds is 52. The standard InChI is InChI=1S/C57H108O6/c1-4-7-10-13-16-19-21-23-25-26-27-28-29-30-31-32-34-35-38-41-44-47-50-56(59)62-53-54(52-61-55(58)49-46-43-40-37-18-15-12-9-6-3)63-57(60)51-48-45-42-39-36-33-24-22-20-17-14-11-8-5-2/h22,24,54H,4-21,23,25-53H2,1-3H3/b24-22-.